The topological polar surface area (TPSA) is 66.0 Å². The summed E-state index contributed by atoms with van der Waals surface area (Å²) in [6.45, 7) is 0. The molecule has 100 valence electrons. The SMILES string of the molecule is O=C(O)c1cccc2c(-c3cccc(Cl)c3Cl)[nH]nc12. The van der Waals surface area contributed by atoms with E-state index < -0.39 is 5.97 Å². The van der Waals surface area contributed by atoms with E-state index in [2.05, 4.69) is 10.2 Å². The first-order chi connectivity index (χ1) is 9.59. The number of fused-ring (bicyclic) bond motifs is 1. The molecule has 0 saturated carbocycles. The van der Waals surface area contributed by atoms with Crippen LogP contribution in [0.5, 0.6) is 0 Å². The van der Waals surface area contributed by atoms with Crippen molar-refractivity contribution in [2.45, 2.75) is 0 Å². The van der Waals surface area contributed by atoms with Crippen molar-refractivity contribution in [1.82, 2.24) is 10.2 Å². The van der Waals surface area contributed by atoms with Crippen LogP contribution in [0.3, 0.4) is 0 Å². The van der Waals surface area contributed by atoms with Gasteiger partial charge in [-0.25, -0.2) is 4.79 Å². The Morgan fingerprint density at radius 2 is 1.90 bits per heavy atom. The number of nitrogens with one attached hydrogen (secondary N) is 1. The quantitative estimate of drug-likeness (QED) is 0.744. The van der Waals surface area contributed by atoms with Gasteiger partial charge in [-0.3, -0.25) is 5.10 Å². The highest BCUT2D eigenvalue weighted by molar-refractivity contribution is 6.43. The van der Waals surface area contributed by atoms with Gasteiger partial charge in [-0.2, -0.15) is 5.10 Å². The van der Waals surface area contributed by atoms with E-state index in [1.165, 1.54) is 6.07 Å². The van der Waals surface area contributed by atoms with Gasteiger partial charge in [0.1, 0.15) is 5.52 Å². The second-order valence-electron chi connectivity index (χ2n) is 4.21. The molecule has 3 rings (SSSR count). The molecule has 0 aliphatic rings. The lowest BCUT2D eigenvalue weighted by atomic mass is 10.1. The summed E-state index contributed by atoms with van der Waals surface area (Å²) in [4.78, 5) is 11.2. The zero-order valence-corrected chi connectivity index (χ0v) is 11.5. The Labute approximate surface area is 123 Å². The number of nitrogens with zero attached hydrogens (tertiary/aromatic N) is 1. The van der Waals surface area contributed by atoms with Crippen LogP contribution in [0.1, 0.15) is 10.4 Å². The molecular weight excluding hydrogens is 299 g/mol. The lowest BCUT2D eigenvalue weighted by Crippen LogP contribution is -1.96. The summed E-state index contributed by atoms with van der Waals surface area (Å²) in [6, 6.07) is 10.2. The van der Waals surface area contributed by atoms with Gasteiger partial charge >= 0.3 is 5.97 Å². The van der Waals surface area contributed by atoms with Gasteiger partial charge in [0.05, 0.1) is 21.3 Å². The van der Waals surface area contributed by atoms with Gasteiger partial charge in [0.25, 0.3) is 0 Å². The molecule has 0 aliphatic carbocycles. The number of carboxylic acid groups (broad SMARTS) is 1. The van der Waals surface area contributed by atoms with E-state index in [0.29, 0.717) is 32.2 Å². The Kier molecular flexibility index (Phi) is 3.12. The average Bonchev–Trinajstić information content (AvgIpc) is 2.85. The minimum atomic E-state index is -1.02. The number of hydrogen-bond acceptors (Lipinski definition) is 2. The molecule has 0 amide bonds. The molecule has 20 heavy (non-hydrogen) atoms. The van der Waals surface area contributed by atoms with Crippen LogP contribution in [0.2, 0.25) is 10.0 Å². The highest BCUT2D eigenvalue weighted by Gasteiger charge is 2.16. The third-order valence-electron chi connectivity index (χ3n) is 3.04. The summed E-state index contributed by atoms with van der Waals surface area (Å²) in [5.74, 6) is -1.02. The van der Waals surface area contributed by atoms with Crippen molar-refractivity contribution in [3.8, 4) is 11.3 Å². The zero-order valence-electron chi connectivity index (χ0n) is 10.0. The molecule has 2 aromatic carbocycles. The smallest absolute Gasteiger partial charge is 0.337 e. The van der Waals surface area contributed by atoms with Crippen molar-refractivity contribution in [3.05, 3.63) is 52.0 Å². The highest BCUT2D eigenvalue weighted by Crippen LogP contribution is 2.36. The predicted octanol–water partition coefficient (Wildman–Crippen LogP) is 4.23. The number of carbonyl (C=O) groups is 1. The van der Waals surface area contributed by atoms with Crippen molar-refractivity contribution in [3.63, 3.8) is 0 Å². The molecule has 2 N–H and O–H groups in total. The lowest BCUT2D eigenvalue weighted by Gasteiger charge is -2.04. The normalized spacial score (nSPS) is 10.9. The van der Waals surface area contributed by atoms with Crippen molar-refractivity contribution >= 4 is 40.1 Å². The summed E-state index contributed by atoms with van der Waals surface area (Å²) >= 11 is 12.2. The van der Waals surface area contributed by atoms with Gasteiger partial charge in [-0.1, -0.05) is 47.5 Å². The molecule has 0 atom stereocenters. The Balaban J connectivity index is 2.31. The predicted molar refractivity (Wildman–Crippen MR) is 78.5 cm³/mol. The Bertz CT molecular complexity index is 827. The van der Waals surface area contributed by atoms with Crippen LogP contribution >= 0.6 is 23.2 Å². The maximum atomic E-state index is 11.2. The van der Waals surface area contributed by atoms with E-state index in [9.17, 15) is 4.79 Å². The monoisotopic (exact) mass is 306 g/mol. The molecule has 6 heteroatoms. The first kappa shape index (κ1) is 13.0. The fourth-order valence-electron chi connectivity index (χ4n) is 2.11. The number of carboxylic acids is 1. The number of hydrogen-bond donors (Lipinski definition) is 2. The van der Waals surface area contributed by atoms with Crippen LogP contribution in [0.4, 0.5) is 0 Å². The van der Waals surface area contributed by atoms with E-state index in [0.717, 1.165) is 0 Å². The molecule has 0 fully saturated rings. The highest BCUT2D eigenvalue weighted by atomic mass is 35.5. The number of aromatic carboxylic acids is 1. The van der Waals surface area contributed by atoms with E-state index in [-0.39, 0.29) is 5.56 Å². The summed E-state index contributed by atoms with van der Waals surface area (Å²) in [5, 5.41) is 17.6. The number of para-hydroxylation sites is 1. The second kappa shape index (κ2) is 4.81. The van der Waals surface area contributed by atoms with Crippen molar-refractivity contribution in [1.29, 1.82) is 0 Å². The first-order valence-electron chi connectivity index (χ1n) is 5.74. The molecule has 1 aromatic heterocycles. The average molecular weight is 307 g/mol. The minimum absolute atomic E-state index is 0.142. The van der Waals surface area contributed by atoms with Gasteiger partial charge < -0.3 is 5.11 Å². The zero-order chi connectivity index (χ0) is 14.3. The molecule has 0 spiro atoms. The third-order valence-corrected chi connectivity index (χ3v) is 3.86. The van der Waals surface area contributed by atoms with Gasteiger partial charge in [-0.15, -0.1) is 0 Å². The molecule has 0 saturated heterocycles. The molecular formula is C14H8Cl2N2O2. The molecule has 4 nitrogen and oxygen atoms in total. The number of aromatic amines is 1. The maximum Gasteiger partial charge on any atom is 0.337 e. The van der Waals surface area contributed by atoms with Crippen LogP contribution in [-0.4, -0.2) is 21.3 Å². The van der Waals surface area contributed by atoms with E-state index in [4.69, 9.17) is 28.3 Å². The third kappa shape index (κ3) is 1.94. The summed E-state index contributed by atoms with van der Waals surface area (Å²) in [5.41, 5.74) is 1.87. The van der Waals surface area contributed by atoms with Crippen LogP contribution in [-0.2, 0) is 0 Å². The summed E-state index contributed by atoms with van der Waals surface area (Å²) in [6.07, 6.45) is 0. The van der Waals surface area contributed by atoms with Crippen molar-refractivity contribution in [2.24, 2.45) is 0 Å². The van der Waals surface area contributed by atoms with Crippen LogP contribution in [0, 0.1) is 0 Å². The van der Waals surface area contributed by atoms with E-state index in [1.807, 2.05) is 0 Å². The van der Waals surface area contributed by atoms with Crippen LogP contribution in [0.25, 0.3) is 22.2 Å². The molecule has 3 aromatic rings. The van der Waals surface area contributed by atoms with Gasteiger partial charge in [0.15, 0.2) is 0 Å². The number of H-pyrrole nitrogens is 1. The van der Waals surface area contributed by atoms with Gasteiger partial charge in [0.2, 0.25) is 0 Å². The fraction of sp³-hybridized carbons (Fsp3) is 0. The molecule has 0 unspecified atom stereocenters. The molecule has 0 radical (unpaired) electrons. The number of aromatic nitrogens is 2. The molecule has 0 bridgehead atoms. The molecule has 0 aliphatic heterocycles. The number of halogens is 2. The van der Waals surface area contributed by atoms with E-state index >= 15 is 0 Å². The van der Waals surface area contributed by atoms with Gasteiger partial charge in [-0.05, 0) is 12.1 Å². The Morgan fingerprint density at radius 3 is 2.65 bits per heavy atom. The van der Waals surface area contributed by atoms with Crippen molar-refractivity contribution < 1.29 is 9.90 Å². The van der Waals surface area contributed by atoms with Gasteiger partial charge in [0, 0.05) is 10.9 Å². The summed E-state index contributed by atoms with van der Waals surface area (Å²) < 4.78 is 0. The fourth-order valence-corrected chi connectivity index (χ4v) is 2.51. The van der Waals surface area contributed by atoms with E-state index in [1.54, 1.807) is 30.3 Å². The van der Waals surface area contributed by atoms with Crippen LogP contribution < -0.4 is 0 Å². The molecule has 1 heterocycles. The number of benzene rings is 2. The maximum absolute atomic E-state index is 11.2. The van der Waals surface area contributed by atoms with Crippen molar-refractivity contribution in [2.75, 3.05) is 0 Å². The largest absolute Gasteiger partial charge is 0.478 e. The standard InChI is InChI=1S/C14H8Cl2N2O2/c15-10-6-2-3-7(11(10)16)12-8-4-1-5-9(14(19)20)13(8)18-17-12/h1-6H,(H,17,18)(H,19,20). The Hall–Kier alpha value is -2.04. The second-order valence-corrected chi connectivity index (χ2v) is 4.99. The lowest BCUT2D eigenvalue weighted by molar-refractivity contribution is 0.0699. The first-order valence-corrected chi connectivity index (χ1v) is 6.50. The Morgan fingerprint density at radius 1 is 1.15 bits per heavy atom. The van der Waals surface area contributed by atoms with Crippen LogP contribution in [0.15, 0.2) is 36.4 Å². The number of rotatable bonds is 2. The minimum Gasteiger partial charge on any atom is -0.478 e. The summed E-state index contributed by atoms with van der Waals surface area (Å²) in [7, 11) is 0.